The molecule has 2 rings (SSSR count). The van der Waals surface area contributed by atoms with Gasteiger partial charge in [0, 0.05) is 16.2 Å². The largest absolute Gasteiger partial charge is 0.454 e. The van der Waals surface area contributed by atoms with Crippen molar-refractivity contribution in [2.24, 2.45) is 0 Å². The molecule has 5 nitrogen and oxygen atoms in total. The zero-order chi connectivity index (χ0) is 17.7. The topological polar surface area (TPSA) is 72.5 Å². The molecule has 0 saturated carbocycles. The molecular weight excluding hydrogens is 428 g/mol. The minimum atomic E-state index is -0.795. The van der Waals surface area contributed by atoms with Crippen molar-refractivity contribution in [3.63, 3.8) is 0 Å². The van der Waals surface area contributed by atoms with Crippen LogP contribution in [-0.4, -0.2) is 24.3 Å². The predicted octanol–water partition coefficient (Wildman–Crippen LogP) is 3.43. The van der Waals surface area contributed by atoms with E-state index in [1.807, 2.05) is 22.6 Å². The molecule has 1 amide bonds. The minimum Gasteiger partial charge on any atom is -0.454 e. The van der Waals surface area contributed by atoms with E-state index >= 15 is 0 Å². The minimum absolute atomic E-state index is 0.209. The number of carbonyl (C=O) groups is 3. The quantitative estimate of drug-likeness (QED) is 0.439. The van der Waals surface area contributed by atoms with Gasteiger partial charge in [-0.1, -0.05) is 12.1 Å². The van der Waals surface area contributed by atoms with Crippen LogP contribution in [0.5, 0.6) is 0 Å². The second-order valence-electron chi connectivity index (χ2n) is 4.85. The first kappa shape index (κ1) is 18.1. The Bertz CT molecular complexity index is 807. The number of benzene rings is 2. The molecule has 24 heavy (non-hydrogen) atoms. The first-order valence-electron chi connectivity index (χ1n) is 6.90. The van der Waals surface area contributed by atoms with Gasteiger partial charge in [0.1, 0.15) is 5.82 Å². The summed E-state index contributed by atoms with van der Waals surface area (Å²) in [5, 5.41) is 2.41. The van der Waals surface area contributed by atoms with Crippen molar-refractivity contribution < 1.29 is 23.5 Å². The van der Waals surface area contributed by atoms with Crippen LogP contribution < -0.4 is 5.32 Å². The summed E-state index contributed by atoms with van der Waals surface area (Å²) >= 11 is 1.98. The first-order valence-corrected chi connectivity index (χ1v) is 7.98. The van der Waals surface area contributed by atoms with E-state index in [-0.39, 0.29) is 17.2 Å². The molecule has 1 N–H and O–H groups in total. The molecule has 0 aliphatic carbocycles. The van der Waals surface area contributed by atoms with Gasteiger partial charge in [-0.05, 0) is 52.9 Å². The molecule has 0 unspecified atom stereocenters. The number of esters is 1. The predicted molar refractivity (Wildman–Crippen MR) is 94.5 cm³/mol. The fourth-order valence-corrected chi connectivity index (χ4v) is 2.54. The van der Waals surface area contributed by atoms with Crippen molar-refractivity contribution in [3.8, 4) is 0 Å². The van der Waals surface area contributed by atoms with Gasteiger partial charge >= 0.3 is 5.97 Å². The Hall–Kier alpha value is -2.29. The lowest BCUT2D eigenvalue weighted by molar-refractivity contribution is -0.114. The normalized spacial score (nSPS) is 10.1. The summed E-state index contributed by atoms with van der Waals surface area (Å²) in [6.45, 7) is 0.724. The lowest BCUT2D eigenvalue weighted by atomic mass is 10.1. The van der Waals surface area contributed by atoms with Crippen LogP contribution in [0.15, 0.2) is 42.5 Å². The second kappa shape index (κ2) is 8.00. The number of ketones is 1. The third-order valence-electron chi connectivity index (χ3n) is 3.02. The highest BCUT2D eigenvalue weighted by molar-refractivity contribution is 14.1. The Morgan fingerprint density at radius 1 is 1.12 bits per heavy atom. The Balaban J connectivity index is 2.04. The van der Waals surface area contributed by atoms with Crippen LogP contribution in [-0.2, 0) is 9.53 Å². The fourth-order valence-electron chi connectivity index (χ4n) is 1.94. The maximum absolute atomic E-state index is 13.9. The Morgan fingerprint density at radius 2 is 1.83 bits per heavy atom. The van der Waals surface area contributed by atoms with Crippen LogP contribution in [0, 0.1) is 9.39 Å². The van der Waals surface area contributed by atoms with Gasteiger partial charge in [-0.25, -0.2) is 9.18 Å². The Kier molecular flexibility index (Phi) is 6.02. The van der Waals surface area contributed by atoms with E-state index in [4.69, 9.17) is 4.74 Å². The number of carbonyl (C=O) groups excluding carboxylic acids is 3. The van der Waals surface area contributed by atoms with E-state index in [2.05, 4.69) is 5.32 Å². The Morgan fingerprint density at radius 3 is 2.46 bits per heavy atom. The summed E-state index contributed by atoms with van der Waals surface area (Å²) in [4.78, 5) is 34.9. The highest BCUT2D eigenvalue weighted by Gasteiger charge is 2.17. The third-order valence-corrected chi connectivity index (χ3v) is 3.96. The average Bonchev–Trinajstić information content (AvgIpc) is 2.52. The monoisotopic (exact) mass is 441 g/mol. The number of nitrogens with one attached hydrogen (secondary N) is 1. The van der Waals surface area contributed by atoms with E-state index in [9.17, 15) is 18.8 Å². The molecule has 0 fully saturated rings. The van der Waals surface area contributed by atoms with Crippen LogP contribution in [0.4, 0.5) is 10.1 Å². The van der Waals surface area contributed by atoms with Crippen molar-refractivity contribution in [1.82, 2.24) is 0 Å². The van der Waals surface area contributed by atoms with Gasteiger partial charge in [0.05, 0.1) is 11.1 Å². The highest BCUT2D eigenvalue weighted by atomic mass is 127. The summed E-state index contributed by atoms with van der Waals surface area (Å²) < 4.78 is 19.6. The van der Waals surface area contributed by atoms with Crippen LogP contribution in [0.2, 0.25) is 0 Å². The number of ether oxygens (including phenoxy) is 1. The molecular formula is C17H13FINO4. The number of anilines is 1. The zero-order valence-corrected chi connectivity index (χ0v) is 14.8. The van der Waals surface area contributed by atoms with Crippen molar-refractivity contribution in [2.45, 2.75) is 6.92 Å². The zero-order valence-electron chi connectivity index (χ0n) is 12.6. The van der Waals surface area contributed by atoms with Gasteiger partial charge in [0.25, 0.3) is 0 Å². The molecule has 0 aliphatic rings. The van der Waals surface area contributed by atoms with Crippen LogP contribution in [0.1, 0.15) is 27.6 Å². The highest BCUT2D eigenvalue weighted by Crippen LogP contribution is 2.16. The smallest absolute Gasteiger partial charge is 0.339 e. The summed E-state index contributed by atoms with van der Waals surface area (Å²) in [7, 11) is 0. The lowest BCUT2D eigenvalue weighted by Crippen LogP contribution is -2.16. The number of halogens is 2. The van der Waals surface area contributed by atoms with E-state index < -0.39 is 24.2 Å². The molecule has 0 spiro atoms. The van der Waals surface area contributed by atoms with Crippen LogP contribution >= 0.6 is 22.6 Å². The molecule has 0 saturated heterocycles. The van der Waals surface area contributed by atoms with Gasteiger partial charge in [-0.3, -0.25) is 9.59 Å². The molecule has 0 atom stereocenters. The van der Waals surface area contributed by atoms with Crippen molar-refractivity contribution in [3.05, 3.63) is 63.0 Å². The van der Waals surface area contributed by atoms with Gasteiger partial charge in [0.2, 0.25) is 11.7 Å². The molecule has 124 valence electrons. The van der Waals surface area contributed by atoms with Crippen LogP contribution in [0.25, 0.3) is 0 Å². The number of Topliss-reactive ketones (excluding diaryl/α,β-unsaturated/α-hetero) is 1. The number of rotatable bonds is 5. The number of hydrogen-bond acceptors (Lipinski definition) is 4. The van der Waals surface area contributed by atoms with E-state index in [1.165, 1.54) is 19.1 Å². The summed E-state index contributed by atoms with van der Waals surface area (Å²) in [6, 6.07) is 10.5. The van der Waals surface area contributed by atoms with Crippen molar-refractivity contribution in [1.29, 1.82) is 0 Å². The van der Waals surface area contributed by atoms with Gasteiger partial charge in [-0.2, -0.15) is 0 Å². The fraction of sp³-hybridized carbons (Fsp3) is 0.118. The standard InChI is InChI=1S/C17H13FINO4/c1-10(21)20-11-6-7-12(14(18)8-11)16(22)9-24-17(23)13-4-2-3-5-15(13)19/h2-8H,9H2,1H3,(H,20,21). The van der Waals surface area contributed by atoms with E-state index in [0.717, 1.165) is 6.07 Å². The molecule has 7 heteroatoms. The summed E-state index contributed by atoms with van der Waals surface area (Å²) in [5.41, 5.74) is 0.374. The van der Waals surface area contributed by atoms with Crippen molar-refractivity contribution in [2.75, 3.05) is 11.9 Å². The number of amides is 1. The van der Waals surface area contributed by atoms with Crippen LogP contribution in [0.3, 0.4) is 0 Å². The molecule has 0 radical (unpaired) electrons. The van der Waals surface area contributed by atoms with E-state index in [1.54, 1.807) is 24.3 Å². The SMILES string of the molecule is CC(=O)Nc1ccc(C(=O)COC(=O)c2ccccc2I)c(F)c1. The van der Waals surface area contributed by atoms with Gasteiger partial charge < -0.3 is 10.1 Å². The van der Waals surface area contributed by atoms with Gasteiger partial charge in [0.15, 0.2) is 6.61 Å². The summed E-state index contributed by atoms with van der Waals surface area (Å²) in [6.07, 6.45) is 0. The average molecular weight is 441 g/mol. The molecule has 0 aromatic heterocycles. The molecule has 2 aromatic carbocycles. The molecule has 0 heterocycles. The van der Waals surface area contributed by atoms with Crippen molar-refractivity contribution >= 4 is 45.9 Å². The van der Waals surface area contributed by atoms with E-state index in [0.29, 0.717) is 9.13 Å². The molecule has 0 bridgehead atoms. The summed E-state index contributed by atoms with van der Waals surface area (Å²) in [5.74, 6) is -2.46. The maximum Gasteiger partial charge on any atom is 0.339 e. The second-order valence-corrected chi connectivity index (χ2v) is 6.02. The Labute approximate surface area is 151 Å². The third kappa shape index (κ3) is 4.60. The maximum atomic E-state index is 13.9. The lowest BCUT2D eigenvalue weighted by Gasteiger charge is -2.08. The molecule has 2 aromatic rings. The molecule has 0 aliphatic heterocycles. The van der Waals surface area contributed by atoms with Gasteiger partial charge in [-0.15, -0.1) is 0 Å². The first-order chi connectivity index (χ1) is 11.4. The number of hydrogen-bond donors (Lipinski definition) is 1.